The summed E-state index contributed by atoms with van der Waals surface area (Å²) >= 11 is 0. The lowest BCUT2D eigenvalue weighted by molar-refractivity contribution is 0.319. The zero-order chi connectivity index (χ0) is 23.6. The van der Waals surface area contributed by atoms with E-state index >= 15 is 0 Å². The molecule has 0 aromatic heterocycles. The van der Waals surface area contributed by atoms with Gasteiger partial charge in [0.1, 0.15) is 0 Å². The van der Waals surface area contributed by atoms with Crippen molar-refractivity contribution in [2.24, 2.45) is 5.10 Å². The van der Waals surface area contributed by atoms with Gasteiger partial charge in [-0.2, -0.15) is 17.9 Å². The Balaban J connectivity index is 1.85. The van der Waals surface area contributed by atoms with Crippen LogP contribution in [0.2, 0.25) is 0 Å². The van der Waals surface area contributed by atoms with Crippen LogP contribution in [-0.2, 0) is 10.0 Å². The van der Waals surface area contributed by atoms with Gasteiger partial charge in [-0.05, 0) is 42.3 Å². The third kappa shape index (κ3) is 4.26. The first-order valence-electron chi connectivity index (χ1n) is 10.4. The summed E-state index contributed by atoms with van der Waals surface area (Å²) in [5.74, 6) is 1.35. The third-order valence-electron chi connectivity index (χ3n) is 5.62. The Morgan fingerprint density at radius 3 is 2.03 bits per heavy atom. The SMILES string of the molecule is COc1cc(C2CC(c3ccc(C)cc3)=NN2S(=O)(=O)c2ccccc2)cc(OC)c1OC. The van der Waals surface area contributed by atoms with E-state index in [1.165, 1.54) is 25.7 Å². The third-order valence-corrected chi connectivity index (χ3v) is 7.31. The van der Waals surface area contributed by atoms with E-state index < -0.39 is 16.1 Å². The van der Waals surface area contributed by atoms with Crippen molar-refractivity contribution in [3.05, 3.63) is 83.4 Å². The topological polar surface area (TPSA) is 77.4 Å². The van der Waals surface area contributed by atoms with Crippen LogP contribution in [0.1, 0.15) is 29.2 Å². The highest BCUT2D eigenvalue weighted by atomic mass is 32.2. The van der Waals surface area contributed by atoms with Gasteiger partial charge in [0, 0.05) is 6.42 Å². The van der Waals surface area contributed by atoms with E-state index in [4.69, 9.17) is 14.2 Å². The molecule has 0 aliphatic carbocycles. The predicted octanol–water partition coefficient (Wildman–Crippen LogP) is 4.56. The molecular formula is C25H26N2O5S. The van der Waals surface area contributed by atoms with Crippen LogP contribution in [0.15, 0.2) is 76.7 Å². The normalized spacial score (nSPS) is 15.8. The molecule has 1 unspecified atom stereocenters. The molecule has 0 N–H and O–H groups in total. The molecule has 0 bridgehead atoms. The van der Waals surface area contributed by atoms with Gasteiger partial charge in [0.05, 0.1) is 38.0 Å². The van der Waals surface area contributed by atoms with Gasteiger partial charge in [-0.25, -0.2) is 0 Å². The van der Waals surface area contributed by atoms with Gasteiger partial charge in [-0.1, -0.05) is 48.0 Å². The number of aryl methyl sites for hydroxylation is 1. The molecule has 1 atom stereocenters. The number of benzene rings is 3. The first-order valence-corrected chi connectivity index (χ1v) is 11.9. The summed E-state index contributed by atoms with van der Waals surface area (Å²) < 4.78 is 44.8. The lowest BCUT2D eigenvalue weighted by Gasteiger charge is -2.24. The van der Waals surface area contributed by atoms with Crippen LogP contribution in [0.4, 0.5) is 0 Å². The van der Waals surface area contributed by atoms with E-state index in [1.54, 1.807) is 42.5 Å². The van der Waals surface area contributed by atoms with Gasteiger partial charge in [0.25, 0.3) is 10.0 Å². The average molecular weight is 467 g/mol. The minimum absolute atomic E-state index is 0.177. The second kappa shape index (κ2) is 9.15. The van der Waals surface area contributed by atoms with Crippen LogP contribution < -0.4 is 14.2 Å². The molecule has 1 aliphatic rings. The summed E-state index contributed by atoms with van der Waals surface area (Å²) in [4.78, 5) is 0.177. The molecule has 3 aromatic rings. The first kappa shape index (κ1) is 22.7. The lowest BCUT2D eigenvalue weighted by Crippen LogP contribution is -2.27. The first-order chi connectivity index (χ1) is 15.9. The smallest absolute Gasteiger partial charge is 0.279 e. The van der Waals surface area contributed by atoms with Gasteiger partial charge in [-0.15, -0.1) is 0 Å². The number of hydrazone groups is 1. The van der Waals surface area contributed by atoms with Crippen molar-refractivity contribution in [3.63, 3.8) is 0 Å². The maximum absolute atomic E-state index is 13.6. The van der Waals surface area contributed by atoms with Crippen LogP contribution in [0, 0.1) is 6.92 Å². The Hall–Kier alpha value is -3.52. The molecule has 0 spiro atoms. The van der Waals surface area contributed by atoms with Crippen molar-refractivity contribution in [2.75, 3.05) is 21.3 Å². The van der Waals surface area contributed by atoms with Gasteiger partial charge in [0.2, 0.25) is 5.75 Å². The highest BCUT2D eigenvalue weighted by Crippen LogP contribution is 2.44. The number of methoxy groups -OCH3 is 3. The molecule has 33 heavy (non-hydrogen) atoms. The second-order valence-electron chi connectivity index (χ2n) is 7.68. The number of sulfonamides is 1. The zero-order valence-electron chi connectivity index (χ0n) is 19.0. The van der Waals surface area contributed by atoms with Crippen LogP contribution in [-0.4, -0.2) is 39.9 Å². The summed E-state index contributed by atoms with van der Waals surface area (Å²) in [6.07, 6.45) is 0.397. The van der Waals surface area contributed by atoms with Crippen LogP contribution in [0.3, 0.4) is 0 Å². The summed E-state index contributed by atoms with van der Waals surface area (Å²) in [5, 5.41) is 4.60. The molecule has 0 radical (unpaired) electrons. The Bertz CT molecular complexity index is 1250. The molecule has 7 nitrogen and oxygen atoms in total. The fraction of sp³-hybridized carbons (Fsp3) is 0.240. The van der Waals surface area contributed by atoms with Crippen molar-refractivity contribution < 1.29 is 22.6 Å². The second-order valence-corrected chi connectivity index (χ2v) is 9.48. The van der Waals surface area contributed by atoms with Crippen molar-refractivity contribution in [2.45, 2.75) is 24.3 Å². The van der Waals surface area contributed by atoms with Crippen LogP contribution in [0.25, 0.3) is 0 Å². The minimum atomic E-state index is -3.91. The number of ether oxygens (including phenoxy) is 3. The fourth-order valence-corrected chi connectivity index (χ4v) is 5.33. The monoisotopic (exact) mass is 466 g/mol. The van der Waals surface area contributed by atoms with Crippen LogP contribution >= 0.6 is 0 Å². The van der Waals surface area contributed by atoms with E-state index in [9.17, 15) is 8.42 Å². The molecule has 0 saturated heterocycles. The summed E-state index contributed by atoms with van der Waals surface area (Å²) in [6, 6.07) is 19.2. The maximum atomic E-state index is 13.6. The van der Waals surface area contributed by atoms with E-state index in [2.05, 4.69) is 5.10 Å². The lowest BCUT2D eigenvalue weighted by atomic mass is 9.98. The fourth-order valence-electron chi connectivity index (χ4n) is 3.87. The molecule has 3 aromatic carbocycles. The zero-order valence-corrected chi connectivity index (χ0v) is 19.8. The molecule has 8 heteroatoms. The molecule has 172 valence electrons. The Kier molecular flexibility index (Phi) is 6.29. The van der Waals surface area contributed by atoms with Crippen molar-refractivity contribution in [3.8, 4) is 17.2 Å². The maximum Gasteiger partial charge on any atom is 0.279 e. The molecule has 0 saturated carbocycles. The van der Waals surface area contributed by atoms with E-state index in [0.29, 0.717) is 34.9 Å². The Labute approximate surface area is 194 Å². The molecule has 0 amide bonds. The quantitative estimate of drug-likeness (QED) is 0.510. The van der Waals surface area contributed by atoms with Gasteiger partial charge in [0.15, 0.2) is 11.5 Å². The predicted molar refractivity (Wildman–Crippen MR) is 127 cm³/mol. The number of rotatable bonds is 7. The van der Waals surface area contributed by atoms with Gasteiger partial charge in [-0.3, -0.25) is 0 Å². The van der Waals surface area contributed by atoms with Crippen LogP contribution in [0.5, 0.6) is 17.2 Å². The molecule has 1 heterocycles. The molecular weight excluding hydrogens is 440 g/mol. The summed E-state index contributed by atoms with van der Waals surface area (Å²) in [5.41, 5.74) is 3.37. The summed E-state index contributed by atoms with van der Waals surface area (Å²) in [6.45, 7) is 2.01. The molecule has 0 fully saturated rings. The average Bonchev–Trinajstić information content (AvgIpc) is 3.30. The minimum Gasteiger partial charge on any atom is -0.493 e. The number of hydrogen-bond acceptors (Lipinski definition) is 6. The highest BCUT2D eigenvalue weighted by Gasteiger charge is 2.38. The van der Waals surface area contributed by atoms with E-state index in [-0.39, 0.29) is 4.90 Å². The van der Waals surface area contributed by atoms with Crippen molar-refractivity contribution >= 4 is 15.7 Å². The van der Waals surface area contributed by atoms with Crippen molar-refractivity contribution in [1.29, 1.82) is 0 Å². The highest BCUT2D eigenvalue weighted by molar-refractivity contribution is 7.89. The Morgan fingerprint density at radius 1 is 0.879 bits per heavy atom. The van der Waals surface area contributed by atoms with E-state index in [1.807, 2.05) is 31.2 Å². The standard InChI is InChI=1S/C25H26N2O5S/c1-17-10-12-18(13-11-17)21-16-22(19-14-23(30-2)25(32-4)24(15-19)31-3)27(26-21)33(28,29)20-8-6-5-7-9-20/h5-15,22H,16H2,1-4H3. The number of nitrogens with zero attached hydrogens (tertiary/aromatic N) is 2. The van der Waals surface area contributed by atoms with Gasteiger partial charge < -0.3 is 14.2 Å². The molecule has 1 aliphatic heterocycles. The van der Waals surface area contributed by atoms with Gasteiger partial charge >= 0.3 is 0 Å². The largest absolute Gasteiger partial charge is 0.493 e. The molecule has 4 rings (SSSR count). The summed E-state index contributed by atoms with van der Waals surface area (Å²) in [7, 11) is 0.682. The number of hydrogen-bond donors (Lipinski definition) is 0. The van der Waals surface area contributed by atoms with E-state index in [0.717, 1.165) is 11.1 Å². The van der Waals surface area contributed by atoms with Crippen molar-refractivity contribution in [1.82, 2.24) is 4.41 Å². The Morgan fingerprint density at radius 2 is 1.48 bits per heavy atom.